The van der Waals surface area contributed by atoms with Crippen molar-refractivity contribution in [2.24, 2.45) is 17.3 Å². The number of aromatic nitrogens is 2. The molecule has 0 bridgehead atoms. The number of piperidine rings is 1. The predicted molar refractivity (Wildman–Crippen MR) is 150 cm³/mol. The Morgan fingerprint density at radius 1 is 1.18 bits per heavy atom. The van der Waals surface area contributed by atoms with Gasteiger partial charge in [0.15, 0.2) is 5.82 Å². The van der Waals surface area contributed by atoms with Crippen LogP contribution in [-0.2, 0) is 11.4 Å². The number of nitrogens with one attached hydrogen (secondary N) is 1. The Hall–Kier alpha value is -1.84. The van der Waals surface area contributed by atoms with Gasteiger partial charge in [0, 0.05) is 35.7 Å². The second kappa shape index (κ2) is 11.0. The Kier molecular flexibility index (Phi) is 8.00. The summed E-state index contributed by atoms with van der Waals surface area (Å²) in [6.07, 6.45) is 3.81. The number of anilines is 2. The van der Waals surface area contributed by atoms with Crippen LogP contribution in [0.4, 0.5) is 11.8 Å². The highest BCUT2D eigenvalue weighted by Crippen LogP contribution is 2.45. The lowest BCUT2D eigenvalue weighted by Crippen LogP contribution is -2.58. The topological polar surface area (TPSA) is 102 Å². The Labute approximate surface area is 238 Å². The first-order valence-electron chi connectivity index (χ1n) is 13.2. The number of halogens is 3. The number of nitrogens with zero attached hydrogens (tertiary/aromatic N) is 4. The average Bonchev–Trinajstić information content (AvgIpc) is 2.82. The number of carboxylic acid groups (broad SMARTS) is 1. The van der Waals surface area contributed by atoms with Gasteiger partial charge in [0.2, 0.25) is 5.95 Å². The molecule has 11 heteroatoms. The van der Waals surface area contributed by atoms with Gasteiger partial charge in [-0.05, 0) is 75.6 Å². The summed E-state index contributed by atoms with van der Waals surface area (Å²) in [6.45, 7) is 7.30. The molecule has 3 fully saturated rings. The average molecular weight is 583 g/mol. The highest BCUT2D eigenvalue weighted by molar-refractivity contribution is 6.35. The highest BCUT2D eigenvalue weighted by atomic mass is 35.5. The van der Waals surface area contributed by atoms with Crippen molar-refractivity contribution in [1.29, 1.82) is 0 Å². The number of carboxylic acids is 1. The normalized spacial score (nSPS) is 26.9. The molecule has 5 rings (SSSR count). The Bertz CT molecular complexity index is 1200. The number of carbonyl (C=O) groups is 1. The highest BCUT2D eigenvalue weighted by Gasteiger charge is 2.49. The number of likely N-dealkylation sites (tertiary alicyclic amines) is 1. The van der Waals surface area contributed by atoms with E-state index in [4.69, 9.17) is 39.8 Å². The Balaban J connectivity index is 1.23. The fourth-order valence-corrected chi connectivity index (χ4v) is 6.87. The second-order valence-corrected chi connectivity index (χ2v) is 12.5. The molecule has 2 atom stereocenters. The van der Waals surface area contributed by atoms with Crippen LogP contribution in [-0.4, -0.2) is 63.3 Å². The fraction of sp³-hybridized carbons (Fsp3) is 0.593. The van der Waals surface area contributed by atoms with E-state index in [0.29, 0.717) is 50.4 Å². The van der Waals surface area contributed by atoms with Gasteiger partial charge in [-0.1, -0.05) is 40.9 Å². The van der Waals surface area contributed by atoms with E-state index < -0.39 is 11.4 Å². The number of rotatable bonds is 8. The van der Waals surface area contributed by atoms with Crippen molar-refractivity contribution >= 4 is 52.5 Å². The van der Waals surface area contributed by atoms with E-state index in [1.54, 1.807) is 12.1 Å². The minimum atomic E-state index is -0.679. The van der Waals surface area contributed by atoms with E-state index >= 15 is 0 Å². The van der Waals surface area contributed by atoms with Gasteiger partial charge in [0.05, 0.1) is 23.8 Å². The number of aliphatic hydroxyl groups excluding tert-OH is 1. The zero-order valence-corrected chi connectivity index (χ0v) is 23.9. The molecule has 0 radical (unpaired) electrons. The maximum atomic E-state index is 11.5. The minimum Gasteiger partial charge on any atom is -0.481 e. The monoisotopic (exact) mass is 581 g/mol. The molecule has 0 unspecified atom stereocenters. The van der Waals surface area contributed by atoms with Gasteiger partial charge in [0.25, 0.3) is 0 Å². The van der Waals surface area contributed by atoms with Gasteiger partial charge in [-0.3, -0.25) is 4.79 Å². The zero-order chi connectivity index (χ0) is 27.2. The van der Waals surface area contributed by atoms with E-state index in [1.165, 1.54) is 6.42 Å². The van der Waals surface area contributed by atoms with E-state index in [1.807, 2.05) is 19.9 Å². The SMILES string of the molecule is C[C@@H](Nc1nc(N2CC([C@H]3CCCN(C4CC(C)(C(=O)O)C4)C3)C2)nc(CO)c1Cl)c1ccc(Cl)cc1Cl. The van der Waals surface area contributed by atoms with Crippen LogP contribution < -0.4 is 10.2 Å². The predicted octanol–water partition coefficient (Wildman–Crippen LogP) is 5.50. The standard InChI is InChI=1S/C27H34Cl3N5O3/c1-15(20-6-5-18(28)8-21(20)29)31-24-23(30)22(14-36)32-26(33-24)35-12-17(13-35)16-4-3-7-34(11-16)19-9-27(2,10-19)25(37)38/h5-6,8,15-17,19,36H,3-4,7,9-14H2,1-2H3,(H,37,38)(H,31,32,33)/t15-,16+,19?,27?/m1/s1. The van der Waals surface area contributed by atoms with E-state index in [0.717, 1.165) is 51.0 Å². The van der Waals surface area contributed by atoms with Gasteiger partial charge >= 0.3 is 5.97 Å². The molecular weight excluding hydrogens is 549 g/mol. The molecule has 1 saturated carbocycles. The zero-order valence-electron chi connectivity index (χ0n) is 21.6. The van der Waals surface area contributed by atoms with Gasteiger partial charge in [-0.2, -0.15) is 4.98 Å². The molecule has 2 saturated heterocycles. The maximum Gasteiger partial charge on any atom is 0.309 e. The fourth-order valence-electron chi connectivity index (χ4n) is 6.10. The molecule has 0 spiro atoms. The third-order valence-electron chi connectivity index (χ3n) is 8.59. The second-order valence-electron chi connectivity index (χ2n) is 11.3. The molecule has 3 N–H and O–H groups in total. The Morgan fingerprint density at radius 2 is 1.92 bits per heavy atom. The lowest BCUT2D eigenvalue weighted by molar-refractivity contribution is -0.158. The third kappa shape index (κ3) is 5.43. The molecule has 0 amide bonds. The van der Waals surface area contributed by atoms with E-state index in [-0.39, 0.29) is 12.6 Å². The summed E-state index contributed by atoms with van der Waals surface area (Å²) >= 11 is 19.0. The van der Waals surface area contributed by atoms with E-state index in [2.05, 4.69) is 20.1 Å². The molecular formula is C27H34Cl3N5O3. The first kappa shape index (κ1) is 27.7. The van der Waals surface area contributed by atoms with Crippen molar-refractivity contribution in [2.75, 3.05) is 36.4 Å². The molecule has 1 aromatic carbocycles. The molecule has 2 aliphatic heterocycles. The molecule has 3 aliphatic rings. The van der Waals surface area contributed by atoms with Crippen LogP contribution >= 0.6 is 34.8 Å². The summed E-state index contributed by atoms with van der Waals surface area (Å²) in [7, 11) is 0. The number of hydrogen-bond donors (Lipinski definition) is 3. The number of benzene rings is 1. The number of aliphatic hydroxyl groups is 1. The molecule has 206 valence electrons. The number of aliphatic carboxylic acids is 1. The lowest BCUT2D eigenvalue weighted by atomic mass is 9.65. The lowest BCUT2D eigenvalue weighted by Gasteiger charge is -2.52. The maximum absolute atomic E-state index is 11.5. The van der Waals surface area contributed by atoms with Crippen LogP contribution in [0.15, 0.2) is 18.2 Å². The van der Waals surface area contributed by atoms with Gasteiger partial charge in [-0.15, -0.1) is 0 Å². The summed E-state index contributed by atoms with van der Waals surface area (Å²) < 4.78 is 0. The van der Waals surface area contributed by atoms with Crippen molar-refractivity contribution in [2.45, 2.75) is 58.2 Å². The largest absolute Gasteiger partial charge is 0.481 e. The first-order valence-corrected chi connectivity index (χ1v) is 14.3. The van der Waals surface area contributed by atoms with Crippen LogP contribution in [0.25, 0.3) is 0 Å². The molecule has 3 heterocycles. The molecule has 38 heavy (non-hydrogen) atoms. The van der Waals surface area contributed by atoms with Crippen LogP contribution in [0.5, 0.6) is 0 Å². The van der Waals surface area contributed by atoms with Crippen LogP contribution in [0.2, 0.25) is 15.1 Å². The number of hydrogen-bond acceptors (Lipinski definition) is 7. The van der Waals surface area contributed by atoms with Crippen LogP contribution in [0, 0.1) is 17.3 Å². The summed E-state index contributed by atoms with van der Waals surface area (Å²) in [5.74, 6) is 1.44. The molecule has 1 aromatic heterocycles. The van der Waals surface area contributed by atoms with E-state index in [9.17, 15) is 15.0 Å². The van der Waals surface area contributed by atoms with Crippen molar-refractivity contribution < 1.29 is 15.0 Å². The van der Waals surface area contributed by atoms with Crippen molar-refractivity contribution in [3.63, 3.8) is 0 Å². The summed E-state index contributed by atoms with van der Waals surface area (Å²) in [4.78, 5) is 25.4. The molecule has 1 aliphatic carbocycles. The van der Waals surface area contributed by atoms with Gasteiger partial charge in [0.1, 0.15) is 5.02 Å². The minimum absolute atomic E-state index is 0.196. The van der Waals surface area contributed by atoms with Crippen molar-refractivity contribution in [1.82, 2.24) is 14.9 Å². The summed E-state index contributed by atoms with van der Waals surface area (Å²) in [5.41, 5.74) is 0.676. The van der Waals surface area contributed by atoms with Gasteiger partial charge in [-0.25, -0.2) is 4.98 Å². The summed E-state index contributed by atoms with van der Waals surface area (Å²) in [6, 6.07) is 5.54. The Morgan fingerprint density at radius 3 is 2.58 bits per heavy atom. The van der Waals surface area contributed by atoms with Crippen molar-refractivity contribution in [3.05, 3.63) is 44.5 Å². The van der Waals surface area contributed by atoms with Gasteiger partial charge < -0.3 is 25.3 Å². The quantitative estimate of drug-likeness (QED) is 0.375. The molecule has 8 nitrogen and oxygen atoms in total. The van der Waals surface area contributed by atoms with Crippen LogP contribution in [0.3, 0.4) is 0 Å². The third-order valence-corrected chi connectivity index (χ3v) is 9.55. The smallest absolute Gasteiger partial charge is 0.309 e. The van der Waals surface area contributed by atoms with Crippen molar-refractivity contribution in [3.8, 4) is 0 Å². The first-order chi connectivity index (χ1) is 18.1. The summed E-state index contributed by atoms with van der Waals surface area (Å²) in [5, 5.41) is 24.1. The van der Waals surface area contributed by atoms with Crippen LogP contribution in [0.1, 0.15) is 56.8 Å². The molecule has 2 aromatic rings.